The Labute approximate surface area is 275 Å². The maximum atomic E-state index is 13.7. The number of rotatable bonds is 7. The van der Waals surface area contributed by atoms with E-state index in [1.165, 1.54) is 17.4 Å². The fourth-order valence-electron chi connectivity index (χ4n) is 7.36. The van der Waals surface area contributed by atoms with Gasteiger partial charge in [0, 0.05) is 70.0 Å². The smallest absolute Gasteiger partial charge is 0.416 e. The summed E-state index contributed by atoms with van der Waals surface area (Å²) >= 11 is 0. The molecule has 0 spiro atoms. The van der Waals surface area contributed by atoms with E-state index in [0.29, 0.717) is 56.1 Å². The van der Waals surface area contributed by atoms with Crippen molar-refractivity contribution in [1.82, 2.24) is 19.6 Å². The molecule has 2 amide bonds. The van der Waals surface area contributed by atoms with E-state index in [4.69, 9.17) is 4.42 Å². The predicted molar refractivity (Wildman–Crippen MR) is 165 cm³/mol. The molecule has 4 heterocycles. The quantitative estimate of drug-likeness (QED) is 0.275. The van der Waals surface area contributed by atoms with Gasteiger partial charge in [-0.05, 0) is 61.4 Å². The number of halogens is 6. The van der Waals surface area contributed by atoms with Crippen LogP contribution in [-0.4, -0.2) is 95.9 Å². The normalized spacial score (nSPS) is 23.1. The van der Waals surface area contributed by atoms with Gasteiger partial charge in [-0.1, -0.05) is 30.3 Å². The van der Waals surface area contributed by atoms with Crippen molar-refractivity contribution in [2.45, 2.75) is 50.1 Å². The van der Waals surface area contributed by atoms with Crippen LogP contribution in [0.1, 0.15) is 56.7 Å². The lowest BCUT2D eigenvalue weighted by Gasteiger charge is -2.43. The van der Waals surface area contributed by atoms with Crippen LogP contribution in [0.4, 0.5) is 26.3 Å². The third-order valence-electron chi connectivity index (χ3n) is 9.89. The highest BCUT2D eigenvalue weighted by Gasteiger charge is 2.40. The first-order chi connectivity index (χ1) is 22.8. The number of hydrogen-bond acceptors (Lipinski definition) is 5. The number of nitrogens with zero attached hydrogens (tertiary/aromatic N) is 4. The summed E-state index contributed by atoms with van der Waals surface area (Å²) in [6.45, 7) is 5.82. The van der Waals surface area contributed by atoms with Gasteiger partial charge in [-0.25, -0.2) is 0 Å². The molecule has 0 radical (unpaired) electrons. The molecule has 3 fully saturated rings. The average Bonchev–Trinajstić information content (AvgIpc) is 3.78. The van der Waals surface area contributed by atoms with Gasteiger partial charge in [0.1, 0.15) is 6.26 Å². The zero-order chi connectivity index (χ0) is 34.1. The molecule has 6 rings (SSSR count). The lowest BCUT2D eigenvalue weighted by molar-refractivity contribution is -0.143. The summed E-state index contributed by atoms with van der Waals surface area (Å²) in [5.41, 5.74) is -2.11. The third kappa shape index (κ3) is 7.89. The summed E-state index contributed by atoms with van der Waals surface area (Å²) < 4.78 is 86.5. The Hall–Kier alpha value is -3.84. The van der Waals surface area contributed by atoms with Crippen LogP contribution in [0, 0.1) is 5.92 Å². The molecule has 258 valence electrons. The van der Waals surface area contributed by atoms with E-state index in [1.54, 1.807) is 6.07 Å². The standard InChI is InChI=1S/C35H38F6N4O3/c36-34(37,38)28-18-27(19-29(20-28)35(39,40)41)33(47)45-10-6-25(17-31(45)16-24-4-2-1-3-5-24)21-42-11-13-43(14-12-42)30-7-9-44(22-30)32(46)26-8-15-48-23-26/h1-5,8,15,18-20,23,25,30-31H,6-7,9-14,16-17,21-22H2. The van der Waals surface area contributed by atoms with Gasteiger partial charge < -0.3 is 19.1 Å². The number of piperazine rings is 1. The van der Waals surface area contributed by atoms with Crippen molar-refractivity contribution < 1.29 is 40.3 Å². The summed E-state index contributed by atoms with van der Waals surface area (Å²) in [7, 11) is 0. The molecule has 3 unspecified atom stereocenters. The number of carbonyl (C=O) groups excluding carboxylic acids is 2. The molecule has 0 aliphatic carbocycles. The minimum Gasteiger partial charge on any atom is -0.472 e. The summed E-state index contributed by atoms with van der Waals surface area (Å²) in [4.78, 5) is 34.6. The molecule has 3 aromatic rings. The first-order valence-electron chi connectivity index (χ1n) is 16.3. The van der Waals surface area contributed by atoms with Crippen LogP contribution in [-0.2, 0) is 18.8 Å². The van der Waals surface area contributed by atoms with E-state index in [0.717, 1.165) is 44.7 Å². The van der Waals surface area contributed by atoms with Gasteiger partial charge in [-0.2, -0.15) is 26.3 Å². The van der Waals surface area contributed by atoms with E-state index in [9.17, 15) is 35.9 Å². The summed E-state index contributed by atoms with van der Waals surface area (Å²) in [6, 6.07) is 12.1. The summed E-state index contributed by atoms with van der Waals surface area (Å²) in [6.07, 6.45) is -4.58. The van der Waals surface area contributed by atoms with Gasteiger partial charge in [-0.15, -0.1) is 0 Å². The number of benzene rings is 2. The second-order valence-electron chi connectivity index (χ2n) is 13.1. The number of hydrogen-bond donors (Lipinski definition) is 0. The predicted octanol–water partition coefficient (Wildman–Crippen LogP) is 6.31. The highest BCUT2D eigenvalue weighted by atomic mass is 19.4. The van der Waals surface area contributed by atoms with Crippen molar-refractivity contribution in [3.8, 4) is 0 Å². The summed E-state index contributed by atoms with van der Waals surface area (Å²) in [5, 5.41) is 0. The van der Waals surface area contributed by atoms with Gasteiger partial charge in [-0.3, -0.25) is 14.5 Å². The van der Waals surface area contributed by atoms with Crippen molar-refractivity contribution in [3.05, 3.63) is 94.9 Å². The lowest BCUT2D eigenvalue weighted by Crippen LogP contribution is -2.53. The van der Waals surface area contributed by atoms with Crippen molar-refractivity contribution in [2.24, 2.45) is 5.92 Å². The van der Waals surface area contributed by atoms with Gasteiger partial charge in [0.15, 0.2) is 0 Å². The summed E-state index contributed by atoms with van der Waals surface area (Å²) in [5.74, 6) is -0.638. The molecular formula is C35H38F6N4O3. The molecule has 13 heteroatoms. The maximum Gasteiger partial charge on any atom is 0.416 e. The van der Waals surface area contributed by atoms with E-state index >= 15 is 0 Å². The van der Waals surface area contributed by atoms with E-state index in [2.05, 4.69) is 9.80 Å². The molecule has 3 aliphatic heterocycles. The molecule has 48 heavy (non-hydrogen) atoms. The van der Waals surface area contributed by atoms with Crippen molar-refractivity contribution in [2.75, 3.05) is 52.4 Å². The monoisotopic (exact) mass is 676 g/mol. The van der Waals surface area contributed by atoms with E-state index in [1.807, 2.05) is 35.2 Å². The van der Waals surface area contributed by atoms with Crippen molar-refractivity contribution >= 4 is 11.8 Å². The van der Waals surface area contributed by atoms with Crippen molar-refractivity contribution in [1.29, 1.82) is 0 Å². The van der Waals surface area contributed by atoms with Crippen LogP contribution >= 0.6 is 0 Å². The van der Waals surface area contributed by atoms with Gasteiger partial charge in [0.2, 0.25) is 0 Å². The van der Waals surface area contributed by atoms with Crippen LogP contribution in [0.25, 0.3) is 0 Å². The molecule has 0 saturated carbocycles. The fraction of sp³-hybridized carbons (Fsp3) is 0.486. The Bertz CT molecular complexity index is 1520. The van der Waals surface area contributed by atoms with E-state index < -0.39 is 35.0 Å². The van der Waals surface area contributed by atoms with Crippen LogP contribution in [0.15, 0.2) is 71.5 Å². The van der Waals surface area contributed by atoms with Crippen LogP contribution < -0.4 is 0 Å². The topological polar surface area (TPSA) is 60.2 Å². The van der Waals surface area contributed by atoms with E-state index in [-0.39, 0.29) is 30.5 Å². The number of amides is 2. The van der Waals surface area contributed by atoms with Gasteiger partial charge in [0.05, 0.1) is 23.0 Å². The Morgan fingerprint density at radius 2 is 1.46 bits per heavy atom. The molecule has 1 aromatic heterocycles. The maximum absolute atomic E-state index is 13.7. The number of alkyl halides is 6. The first kappa shape index (κ1) is 34.0. The molecule has 3 atom stereocenters. The average molecular weight is 677 g/mol. The lowest BCUT2D eigenvalue weighted by atomic mass is 9.86. The van der Waals surface area contributed by atoms with Crippen molar-refractivity contribution in [3.63, 3.8) is 0 Å². The minimum atomic E-state index is -5.04. The highest BCUT2D eigenvalue weighted by Crippen LogP contribution is 2.37. The van der Waals surface area contributed by atoms with Gasteiger partial charge in [0.25, 0.3) is 11.8 Å². The van der Waals surface area contributed by atoms with Gasteiger partial charge >= 0.3 is 12.4 Å². The SMILES string of the molecule is O=C(c1ccoc1)N1CCC(N2CCN(CC3CCN(C(=O)c4cc(C(F)(F)F)cc(C(F)(F)F)c4)C(Cc4ccccc4)C3)CC2)C1. The molecule has 7 nitrogen and oxygen atoms in total. The molecular weight excluding hydrogens is 638 g/mol. The zero-order valence-electron chi connectivity index (χ0n) is 26.3. The number of furan rings is 1. The Morgan fingerprint density at radius 1 is 0.771 bits per heavy atom. The number of likely N-dealkylation sites (tertiary alicyclic amines) is 2. The number of piperidine rings is 1. The molecule has 3 saturated heterocycles. The molecule has 3 aliphatic rings. The first-order valence-corrected chi connectivity index (χ1v) is 16.3. The van der Waals surface area contributed by atoms with Crippen LogP contribution in [0.3, 0.4) is 0 Å². The molecule has 0 N–H and O–H groups in total. The second kappa shape index (κ2) is 13.9. The number of carbonyl (C=O) groups is 2. The van der Waals surface area contributed by atoms with Crippen LogP contribution in [0.2, 0.25) is 0 Å². The third-order valence-corrected chi connectivity index (χ3v) is 9.89. The molecule has 2 aromatic carbocycles. The minimum absolute atomic E-state index is 0.0198. The Kier molecular flexibility index (Phi) is 9.89. The Morgan fingerprint density at radius 3 is 2.08 bits per heavy atom. The largest absolute Gasteiger partial charge is 0.472 e. The second-order valence-corrected chi connectivity index (χ2v) is 13.1. The van der Waals surface area contributed by atoms with Crippen LogP contribution in [0.5, 0.6) is 0 Å². The Balaban J connectivity index is 1.10. The zero-order valence-corrected chi connectivity index (χ0v) is 26.3. The highest BCUT2D eigenvalue weighted by molar-refractivity contribution is 5.95. The molecule has 0 bridgehead atoms. The fourth-order valence-corrected chi connectivity index (χ4v) is 7.36.